The second kappa shape index (κ2) is 8.80. The third-order valence-corrected chi connectivity index (χ3v) is 3.66. The lowest BCUT2D eigenvalue weighted by Gasteiger charge is -2.32. The molecule has 0 spiro atoms. The average Bonchev–Trinajstić information content (AvgIpc) is 2.56. The molecule has 7 heteroatoms. The quantitative estimate of drug-likeness (QED) is 0.555. The van der Waals surface area contributed by atoms with Crippen molar-refractivity contribution in [3.8, 4) is 0 Å². The van der Waals surface area contributed by atoms with Crippen LogP contribution in [0.5, 0.6) is 0 Å². The van der Waals surface area contributed by atoms with Crippen LogP contribution in [0.1, 0.15) is 32.6 Å². The van der Waals surface area contributed by atoms with E-state index in [4.69, 9.17) is 18.9 Å². The fourth-order valence-electron chi connectivity index (χ4n) is 2.36. The Balaban J connectivity index is 1.98. The molecule has 2 unspecified atom stereocenters. The Morgan fingerprint density at radius 1 is 1.12 bits per heavy atom. The van der Waals surface area contributed by atoms with Crippen LogP contribution in [0.2, 0.25) is 0 Å². The van der Waals surface area contributed by atoms with Crippen LogP contribution in [0.3, 0.4) is 0 Å². The SMILES string of the molecule is CCOC(OCC(C)C1OCC(C)CO1)c1cc(F)c(F)c(F)c1. The van der Waals surface area contributed by atoms with Gasteiger partial charge in [0.2, 0.25) is 0 Å². The molecule has 0 saturated carbocycles. The van der Waals surface area contributed by atoms with Crippen LogP contribution in [0.4, 0.5) is 13.2 Å². The summed E-state index contributed by atoms with van der Waals surface area (Å²) in [5, 5.41) is 0. The topological polar surface area (TPSA) is 36.9 Å². The fourth-order valence-corrected chi connectivity index (χ4v) is 2.36. The van der Waals surface area contributed by atoms with E-state index in [2.05, 4.69) is 0 Å². The molecule has 1 fully saturated rings. The summed E-state index contributed by atoms with van der Waals surface area (Å²) in [5.41, 5.74) is 0.0829. The molecule has 0 aromatic heterocycles. The smallest absolute Gasteiger partial charge is 0.194 e. The van der Waals surface area contributed by atoms with Crippen molar-refractivity contribution in [2.45, 2.75) is 33.4 Å². The normalized spacial score (nSPS) is 23.9. The molecule has 1 aliphatic rings. The van der Waals surface area contributed by atoms with E-state index >= 15 is 0 Å². The van der Waals surface area contributed by atoms with Crippen molar-refractivity contribution in [2.24, 2.45) is 11.8 Å². The first-order chi connectivity index (χ1) is 11.4. The molecule has 1 aromatic carbocycles. The van der Waals surface area contributed by atoms with E-state index in [1.165, 1.54) is 0 Å². The maximum Gasteiger partial charge on any atom is 0.194 e. The van der Waals surface area contributed by atoms with Gasteiger partial charge >= 0.3 is 0 Å². The molecule has 1 aromatic rings. The van der Waals surface area contributed by atoms with Crippen molar-refractivity contribution in [3.05, 3.63) is 35.1 Å². The summed E-state index contributed by atoms with van der Waals surface area (Å²) in [6.07, 6.45) is -1.39. The van der Waals surface area contributed by atoms with Crippen molar-refractivity contribution >= 4 is 0 Å². The van der Waals surface area contributed by atoms with Crippen LogP contribution in [0, 0.1) is 29.3 Å². The third kappa shape index (κ3) is 4.92. The molecule has 0 amide bonds. The van der Waals surface area contributed by atoms with Crippen molar-refractivity contribution in [1.82, 2.24) is 0 Å². The predicted molar refractivity (Wildman–Crippen MR) is 80.7 cm³/mol. The number of rotatable bonds is 7. The zero-order chi connectivity index (χ0) is 17.7. The van der Waals surface area contributed by atoms with Gasteiger partial charge in [0.25, 0.3) is 0 Å². The van der Waals surface area contributed by atoms with E-state index in [-0.39, 0.29) is 24.7 Å². The van der Waals surface area contributed by atoms with Crippen molar-refractivity contribution in [3.63, 3.8) is 0 Å². The van der Waals surface area contributed by atoms with Gasteiger partial charge < -0.3 is 18.9 Å². The molecule has 1 aliphatic heterocycles. The molecule has 2 atom stereocenters. The van der Waals surface area contributed by atoms with Gasteiger partial charge in [0.05, 0.1) is 19.8 Å². The van der Waals surface area contributed by atoms with Gasteiger partial charge in [-0.1, -0.05) is 13.8 Å². The average molecular weight is 348 g/mol. The minimum Gasteiger partial charge on any atom is -0.352 e. The summed E-state index contributed by atoms with van der Waals surface area (Å²) in [6.45, 7) is 7.33. The van der Waals surface area contributed by atoms with Crippen molar-refractivity contribution < 1.29 is 32.1 Å². The molecule has 1 heterocycles. The number of halogens is 3. The summed E-state index contributed by atoms with van der Waals surface area (Å²) in [5.74, 6) is -3.83. The standard InChI is InChI=1S/C17H23F3O4/c1-4-21-17(12-5-13(18)15(20)14(19)6-12)24-9-11(3)16-22-7-10(2)8-23-16/h5-6,10-11,16-17H,4,7-9H2,1-3H3. The van der Waals surface area contributed by atoms with E-state index in [0.717, 1.165) is 12.1 Å². The summed E-state index contributed by atoms with van der Waals surface area (Å²) in [6, 6.07) is 1.75. The molecule has 4 nitrogen and oxygen atoms in total. The van der Waals surface area contributed by atoms with E-state index in [9.17, 15) is 13.2 Å². The Morgan fingerprint density at radius 3 is 2.25 bits per heavy atom. The van der Waals surface area contributed by atoms with E-state index in [1.54, 1.807) is 6.92 Å². The van der Waals surface area contributed by atoms with Gasteiger partial charge in [0.15, 0.2) is 30.0 Å². The molecule has 0 bridgehead atoms. The molecule has 0 N–H and O–H groups in total. The Bertz CT molecular complexity index is 510. The summed E-state index contributed by atoms with van der Waals surface area (Å²) < 4.78 is 62.1. The largest absolute Gasteiger partial charge is 0.352 e. The van der Waals surface area contributed by atoms with Gasteiger partial charge in [0.1, 0.15) is 0 Å². The highest BCUT2D eigenvalue weighted by atomic mass is 19.2. The first kappa shape index (κ1) is 19.2. The lowest BCUT2D eigenvalue weighted by Crippen LogP contribution is -2.37. The molecule has 24 heavy (non-hydrogen) atoms. The van der Waals surface area contributed by atoms with Gasteiger partial charge in [-0.2, -0.15) is 0 Å². The number of ether oxygens (including phenoxy) is 4. The van der Waals surface area contributed by atoms with Gasteiger partial charge in [-0.25, -0.2) is 13.2 Å². The Morgan fingerprint density at radius 2 is 1.71 bits per heavy atom. The first-order valence-corrected chi connectivity index (χ1v) is 8.03. The van der Waals surface area contributed by atoms with E-state index in [0.29, 0.717) is 19.1 Å². The Hall–Kier alpha value is -1.15. The fraction of sp³-hybridized carbons (Fsp3) is 0.647. The number of hydrogen-bond acceptors (Lipinski definition) is 4. The second-order valence-electron chi connectivity index (χ2n) is 6.04. The first-order valence-electron chi connectivity index (χ1n) is 8.03. The molecule has 2 rings (SSSR count). The summed E-state index contributed by atoms with van der Waals surface area (Å²) >= 11 is 0. The monoisotopic (exact) mass is 348 g/mol. The van der Waals surface area contributed by atoms with Gasteiger partial charge in [0, 0.05) is 24.0 Å². The van der Waals surface area contributed by atoms with Crippen LogP contribution in [0.25, 0.3) is 0 Å². The molecule has 0 radical (unpaired) electrons. The van der Waals surface area contributed by atoms with Crippen LogP contribution >= 0.6 is 0 Å². The molecular formula is C17H23F3O4. The maximum absolute atomic E-state index is 13.4. The van der Waals surface area contributed by atoms with Crippen molar-refractivity contribution in [2.75, 3.05) is 26.4 Å². The van der Waals surface area contributed by atoms with Gasteiger partial charge in [-0.15, -0.1) is 0 Å². The third-order valence-electron chi connectivity index (χ3n) is 3.66. The molecule has 0 aliphatic carbocycles. The zero-order valence-electron chi connectivity index (χ0n) is 14.1. The summed E-state index contributed by atoms with van der Waals surface area (Å²) in [7, 11) is 0. The maximum atomic E-state index is 13.4. The Labute approximate surface area is 139 Å². The van der Waals surface area contributed by atoms with E-state index < -0.39 is 30.0 Å². The zero-order valence-corrected chi connectivity index (χ0v) is 14.1. The van der Waals surface area contributed by atoms with Crippen molar-refractivity contribution in [1.29, 1.82) is 0 Å². The molecule has 1 saturated heterocycles. The minimum absolute atomic E-state index is 0.0829. The van der Waals surface area contributed by atoms with Crippen LogP contribution in [0.15, 0.2) is 12.1 Å². The van der Waals surface area contributed by atoms with Crippen LogP contribution in [-0.2, 0) is 18.9 Å². The highest BCUT2D eigenvalue weighted by Gasteiger charge is 2.26. The lowest BCUT2D eigenvalue weighted by atomic mass is 10.1. The highest BCUT2D eigenvalue weighted by molar-refractivity contribution is 5.20. The number of benzene rings is 1. The van der Waals surface area contributed by atoms with Gasteiger partial charge in [-0.05, 0) is 19.1 Å². The number of hydrogen-bond donors (Lipinski definition) is 0. The molecular weight excluding hydrogens is 325 g/mol. The Kier molecular flexibility index (Phi) is 7.03. The predicted octanol–water partition coefficient (Wildman–Crippen LogP) is 3.80. The lowest BCUT2D eigenvalue weighted by molar-refractivity contribution is -0.237. The summed E-state index contributed by atoms with van der Waals surface area (Å²) in [4.78, 5) is 0. The van der Waals surface area contributed by atoms with Crippen LogP contribution < -0.4 is 0 Å². The second-order valence-corrected chi connectivity index (χ2v) is 6.04. The van der Waals surface area contributed by atoms with Gasteiger partial charge in [-0.3, -0.25) is 0 Å². The highest BCUT2D eigenvalue weighted by Crippen LogP contribution is 2.25. The van der Waals surface area contributed by atoms with Crippen LogP contribution in [-0.4, -0.2) is 32.7 Å². The van der Waals surface area contributed by atoms with E-state index in [1.807, 2.05) is 13.8 Å². The minimum atomic E-state index is -1.51. The molecule has 136 valence electrons.